The number of anilines is 2. The lowest BCUT2D eigenvalue weighted by Gasteiger charge is -2.16. The standard InChI is InChI=1S/C33H22F5N7O3S/c34-25-26(35)28(37)30(29(38)27(25)36)48-32(47)22-13-18-17-7-10-45(23(17)6-5-20(18)41-22)31(46)21-12-15-11-16(3-4-19(15)40-21)42-43-24-14-39-33(49-24)44-8-1-2-9-44/h3-6,11-14,40-41H,1-2,7-10H2. The van der Waals surface area contributed by atoms with E-state index in [1.165, 1.54) is 17.4 Å². The van der Waals surface area contributed by atoms with Crippen molar-refractivity contribution < 1.29 is 36.3 Å². The summed E-state index contributed by atoms with van der Waals surface area (Å²) in [4.78, 5) is 40.6. The van der Waals surface area contributed by atoms with E-state index in [0.717, 1.165) is 42.0 Å². The minimum atomic E-state index is -2.37. The number of halogens is 5. The number of carbonyl (C=O) groups excluding carboxylic acids is 2. The summed E-state index contributed by atoms with van der Waals surface area (Å²) in [6, 6.07) is 11.8. The SMILES string of the molecule is O=C(Oc1c(F)c(F)c(F)c(F)c1F)c1cc2c3c(ccc2[nH]1)N(C(=O)c1cc2cc(N=Nc4cnc(N5CCCC5)s4)ccc2[nH]1)CC3. The third-order valence-corrected chi connectivity index (χ3v) is 9.49. The first-order valence-corrected chi connectivity index (χ1v) is 15.9. The molecule has 1 fully saturated rings. The van der Waals surface area contributed by atoms with E-state index in [-0.39, 0.29) is 11.6 Å². The largest absolute Gasteiger partial charge is 0.415 e. The molecule has 2 aliphatic rings. The van der Waals surface area contributed by atoms with Crippen LogP contribution in [0.5, 0.6) is 5.75 Å². The molecule has 2 aliphatic heterocycles. The van der Waals surface area contributed by atoms with E-state index in [1.807, 2.05) is 12.1 Å². The molecule has 248 valence electrons. The fraction of sp³-hybridized carbons (Fsp3) is 0.182. The maximum atomic E-state index is 14.1. The Bertz CT molecular complexity index is 2330. The summed E-state index contributed by atoms with van der Waals surface area (Å²) in [5, 5.41) is 11.6. The number of esters is 1. The number of amides is 1. The summed E-state index contributed by atoms with van der Waals surface area (Å²) in [7, 11) is 0. The number of thiazole rings is 1. The number of nitrogens with zero attached hydrogens (tertiary/aromatic N) is 5. The topological polar surface area (TPSA) is 119 Å². The van der Waals surface area contributed by atoms with E-state index >= 15 is 0 Å². The van der Waals surface area contributed by atoms with Gasteiger partial charge in [0.1, 0.15) is 11.4 Å². The summed E-state index contributed by atoms with van der Waals surface area (Å²) in [5.74, 6) is -14.7. The smallest absolute Gasteiger partial charge is 0.360 e. The molecule has 0 spiro atoms. The zero-order valence-corrected chi connectivity index (χ0v) is 25.9. The molecule has 10 nitrogen and oxygen atoms in total. The van der Waals surface area contributed by atoms with Crippen LogP contribution in [0.2, 0.25) is 0 Å². The summed E-state index contributed by atoms with van der Waals surface area (Å²) in [6.45, 7) is 2.31. The molecule has 6 aromatic rings. The van der Waals surface area contributed by atoms with Gasteiger partial charge in [-0.1, -0.05) is 11.3 Å². The van der Waals surface area contributed by atoms with Crippen LogP contribution in [0.1, 0.15) is 39.4 Å². The Morgan fingerprint density at radius 2 is 1.53 bits per heavy atom. The van der Waals surface area contributed by atoms with Gasteiger partial charge in [-0.05, 0) is 67.3 Å². The number of carbonyl (C=O) groups is 2. The third-order valence-electron chi connectivity index (χ3n) is 8.55. The van der Waals surface area contributed by atoms with E-state index in [9.17, 15) is 31.5 Å². The fourth-order valence-electron chi connectivity index (χ4n) is 6.16. The Morgan fingerprint density at radius 3 is 2.31 bits per heavy atom. The molecule has 16 heteroatoms. The van der Waals surface area contributed by atoms with E-state index in [4.69, 9.17) is 0 Å². The van der Waals surface area contributed by atoms with Crippen molar-refractivity contribution in [1.29, 1.82) is 0 Å². The first kappa shape index (κ1) is 30.7. The van der Waals surface area contributed by atoms with Gasteiger partial charge in [0.05, 0.1) is 11.9 Å². The molecule has 3 aromatic carbocycles. The lowest BCUT2D eigenvalue weighted by atomic mass is 10.1. The molecule has 0 aliphatic carbocycles. The minimum absolute atomic E-state index is 0.289. The number of hydrogen-bond donors (Lipinski definition) is 2. The molecule has 0 bridgehead atoms. The van der Waals surface area contributed by atoms with Crippen molar-refractivity contribution in [3.63, 3.8) is 0 Å². The second-order valence-corrected chi connectivity index (χ2v) is 12.5. The fourth-order valence-corrected chi connectivity index (χ4v) is 6.95. The number of hydrogen-bond acceptors (Lipinski definition) is 8. The van der Waals surface area contributed by atoms with E-state index in [2.05, 4.69) is 34.8 Å². The Morgan fingerprint density at radius 1 is 0.816 bits per heavy atom. The molecule has 3 aromatic heterocycles. The molecule has 8 rings (SSSR count). The van der Waals surface area contributed by atoms with Gasteiger partial charge in [-0.2, -0.15) is 8.78 Å². The molecule has 0 saturated carbocycles. The molecule has 0 radical (unpaired) electrons. The highest BCUT2D eigenvalue weighted by molar-refractivity contribution is 7.19. The quantitative estimate of drug-likeness (QED) is 0.0456. The molecule has 1 amide bonds. The van der Waals surface area contributed by atoms with Gasteiger partial charge in [-0.15, -0.1) is 10.2 Å². The van der Waals surface area contributed by atoms with Gasteiger partial charge < -0.3 is 24.5 Å². The van der Waals surface area contributed by atoms with Crippen LogP contribution in [0.15, 0.2) is 58.9 Å². The van der Waals surface area contributed by atoms with Crippen molar-refractivity contribution in [3.8, 4) is 5.75 Å². The Balaban J connectivity index is 1.01. The zero-order valence-electron chi connectivity index (χ0n) is 25.1. The number of rotatable bonds is 6. The van der Waals surface area contributed by atoms with Crippen LogP contribution in [-0.4, -0.2) is 46.5 Å². The highest BCUT2D eigenvalue weighted by atomic mass is 32.1. The van der Waals surface area contributed by atoms with Crippen molar-refractivity contribution in [3.05, 3.63) is 94.7 Å². The Labute approximate surface area is 276 Å². The van der Waals surface area contributed by atoms with Gasteiger partial charge in [0.25, 0.3) is 5.91 Å². The van der Waals surface area contributed by atoms with Crippen LogP contribution < -0.4 is 14.5 Å². The van der Waals surface area contributed by atoms with E-state index < -0.39 is 40.8 Å². The first-order chi connectivity index (χ1) is 23.7. The predicted octanol–water partition coefficient (Wildman–Crippen LogP) is 8.24. The number of azo groups is 1. The molecule has 1 saturated heterocycles. The van der Waals surface area contributed by atoms with Crippen molar-refractivity contribution in [1.82, 2.24) is 15.0 Å². The molecule has 0 atom stereocenters. The number of aromatic amines is 2. The van der Waals surface area contributed by atoms with Crippen LogP contribution in [0.4, 0.5) is 43.5 Å². The molecule has 49 heavy (non-hydrogen) atoms. The van der Waals surface area contributed by atoms with Crippen molar-refractivity contribution in [2.45, 2.75) is 19.3 Å². The third kappa shape index (κ3) is 5.28. The van der Waals surface area contributed by atoms with Crippen molar-refractivity contribution in [2.75, 3.05) is 29.4 Å². The average molecular weight is 692 g/mol. The lowest BCUT2D eigenvalue weighted by molar-refractivity contribution is 0.0710. The van der Waals surface area contributed by atoms with Gasteiger partial charge in [0.15, 0.2) is 10.1 Å². The summed E-state index contributed by atoms with van der Waals surface area (Å²) < 4.78 is 73.4. The highest BCUT2D eigenvalue weighted by Crippen LogP contribution is 2.37. The Kier molecular flexibility index (Phi) is 7.39. The average Bonchev–Trinajstić information content (AvgIpc) is 3.95. The van der Waals surface area contributed by atoms with Crippen molar-refractivity contribution >= 4 is 66.5 Å². The van der Waals surface area contributed by atoms with E-state index in [0.29, 0.717) is 51.5 Å². The maximum absolute atomic E-state index is 14.1. The number of benzene rings is 3. The number of fused-ring (bicyclic) bond motifs is 4. The summed E-state index contributed by atoms with van der Waals surface area (Å²) in [5.41, 5.74) is 3.13. The second-order valence-electron chi connectivity index (χ2n) is 11.5. The van der Waals surface area contributed by atoms with Crippen LogP contribution in [0.3, 0.4) is 0 Å². The monoisotopic (exact) mass is 691 g/mol. The zero-order chi connectivity index (χ0) is 34.0. The van der Waals surface area contributed by atoms with Crippen LogP contribution in [0.25, 0.3) is 21.8 Å². The number of aromatic nitrogens is 3. The van der Waals surface area contributed by atoms with Crippen molar-refractivity contribution in [2.24, 2.45) is 10.2 Å². The molecular weight excluding hydrogens is 669 g/mol. The highest BCUT2D eigenvalue weighted by Gasteiger charge is 2.31. The predicted molar refractivity (Wildman–Crippen MR) is 171 cm³/mol. The summed E-state index contributed by atoms with van der Waals surface area (Å²) in [6.07, 6.45) is 4.44. The lowest BCUT2D eigenvalue weighted by Crippen LogP contribution is -2.29. The molecule has 5 heterocycles. The molecule has 2 N–H and O–H groups in total. The Hall–Kier alpha value is -5.64. The van der Waals surface area contributed by atoms with Gasteiger partial charge in [0.2, 0.25) is 34.8 Å². The van der Waals surface area contributed by atoms with Crippen LogP contribution in [0, 0.1) is 29.1 Å². The van der Waals surface area contributed by atoms with Gasteiger partial charge in [0, 0.05) is 47.1 Å². The number of nitrogens with one attached hydrogen (secondary N) is 2. The van der Waals surface area contributed by atoms with Gasteiger partial charge in [-0.3, -0.25) is 4.79 Å². The van der Waals surface area contributed by atoms with Crippen LogP contribution >= 0.6 is 11.3 Å². The second kappa shape index (κ2) is 11.8. The number of H-pyrrole nitrogens is 2. The number of ether oxygens (including phenoxy) is 1. The van der Waals surface area contributed by atoms with E-state index in [1.54, 1.807) is 35.4 Å². The van der Waals surface area contributed by atoms with Gasteiger partial charge in [-0.25, -0.2) is 22.9 Å². The summed E-state index contributed by atoms with van der Waals surface area (Å²) >= 11 is 1.48. The minimum Gasteiger partial charge on any atom is -0.415 e. The van der Waals surface area contributed by atoms with Gasteiger partial charge >= 0.3 is 5.97 Å². The molecule has 0 unspecified atom stereocenters. The maximum Gasteiger partial charge on any atom is 0.360 e. The normalized spacial score (nSPS) is 14.6. The first-order valence-electron chi connectivity index (χ1n) is 15.1. The molecular formula is C33H22F5N7O3S. The van der Waals surface area contributed by atoms with Crippen LogP contribution in [-0.2, 0) is 6.42 Å².